The third-order valence-corrected chi connectivity index (χ3v) is 5.96. The van der Waals surface area contributed by atoms with E-state index in [0.717, 1.165) is 11.1 Å². The Labute approximate surface area is 207 Å². The number of nitrogens with two attached hydrogens (primary N) is 1. The second-order valence-corrected chi connectivity index (χ2v) is 9.14. The SMILES string of the molecule is COCc1cc(=O)n(Cc2ccccc2)c(C(C(C)C)N(CCCN)C(=O)c2ccc(C)cc2)n1. The fraction of sp³-hybridized carbons (Fsp3) is 0.393. The molecule has 3 aromatic rings. The molecule has 0 radical (unpaired) electrons. The molecule has 0 saturated carbocycles. The summed E-state index contributed by atoms with van der Waals surface area (Å²) in [7, 11) is 1.57. The first-order valence-electron chi connectivity index (χ1n) is 12.1. The van der Waals surface area contributed by atoms with E-state index in [9.17, 15) is 9.59 Å². The zero-order valence-electron chi connectivity index (χ0n) is 21.1. The van der Waals surface area contributed by atoms with Crippen LogP contribution in [0.4, 0.5) is 0 Å². The molecule has 2 N–H and O–H groups in total. The first-order valence-corrected chi connectivity index (χ1v) is 12.1. The van der Waals surface area contributed by atoms with E-state index in [-0.39, 0.29) is 24.0 Å². The van der Waals surface area contributed by atoms with Gasteiger partial charge in [0.25, 0.3) is 11.5 Å². The summed E-state index contributed by atoms with van der Waals surface area (Å²) in [6, 6.07) is 18.4. The second kappa shape index (κ2) is 12.4. The van der Waals surface area contributed by atoms with Crippen molar-refractivity contribution in [1.29, 1.82) is 0 Å². The van der Waals surface area contributed by atoms with E-state index in [1.54, 1.807) is 11.7 Å². The van der Waals surface area contributed by atoms with Crippen LogP contribution in [-0.2, 0) is 17.9 Å². The van der Waals surface area contributed by atoms with Gasteiger partial charge in [0.2, 0.25) is 0 Å². The zero-order chi connectivity index (χ0) is 25.4. The van der Waals surface area contributed by atoms with Crippen LogP contribution in [0.3, 0.4) is 0 Å². The number of hydrogen-bond donors (Lipinski definition) is 1. The van der Waals surface area contributed by atoms with Gasteiger partial charge in [0.15, 0.2) is 0 Å². The molecule has 1 amide bonds. The van der Waals surface area contributed by atoms with Crippen molar-refractivity contribution in [3.05, 3.63) is 99.2 Å². The van der Waals surface area contributed by atoms with Crippen molar-refractivity contribution < 1.29 is 9.53 Å². The highest BCUT2D eigenvalue weighted by molar-refractivity contribution is 5.94. The number of aromatic nitrogens is 2. The third-order valence-electron chi connectivity index (χ3n) is 5.96. The normalized spacial score (nSPS) is 12.1. The van der Waals surface area contributed by atoms with Gasteiger partial charge in [0.05, 0.1) is 24.9 Å². The van der Waals surface area contributed by atoms with E-state index in [1.807, 2.05) is 80.3 Å². The molecular formula is C28H36N4O3. The van der Waals surface area contributed by atoms with E-state index in [2.05, 4.69) is 0 Å². The van der Waals surface area contributed by atoms with E-state index in [1.165, 1.54) is 6.07 Å². The summed E-state index contributed by atoms with van der Waals surface area (Å²) in [6.45, 7) is 7.58. The molecular weight excluding hydrogens is 440 g/mol. The quantitative estimate of drug-likeness (QED) is 0.453. The Bertz CT molecular complexity index is 1160. The molecule has 7 heteroatoms. The molecule has 1 aromatic heterocycles. The molecule has 2 aromatic carbocycles. The van der Waals surface area contributed by atoms with Gasteiger partial charge in [-0.25, -0.2) is 4.98 Å². The summed E-state index contributed by atoms with van der Waals surface area (Å²) in [5, 5.41) is 0. The van der Waals surface area contributed by atoms with Crippen LogP contribution < -0.4 is 11.3 Å². The average Bonchev–Trinajstić information content (AvgIpc) is 2.84. The van der Waals surface area contributed by atoms with Gasteiger partial charge in [0.1, 0.15) is 5.82 Å². The monoisotopic (exact) mass is 476 g/mol. The molecule has 0 saturated heterocycles. The van der Waals surface area contributed by atoms with Crippen LogP contribution >= 0.6 is 0 Å². The Hall–Kier alpha value is -3.29. The highest BCUT2D eigenvalue weighted by Gasteiger charge is 2.32. The maximum absolute atomic E-state index is 13.8. The highest BCUT2D eigenvalue weighted by atomic mass is 16.5. The number of rotatable bonds is 11. The first-order chi connectivity index (χ1) is 16.8. The largest absolute Gasteiger partial charge is 0.378 e. The van der Waals surface area contributed by atoms with Crippen molar-refractivity contribution in [2.75, 3.05) is 20.2 Å². The van der Waals surface area contributed by atoms with Crippen molar-refractivity contribution >= 4 is 5.91 Å². The molecule has 0 aliphatic carbocycles. The summed E-state index contributed by atoms with van der Waals surface area (Å²) in [5.41, 5.74) is 8.89. The van der Waals surface area contributed by atoms with Gasteiger partial charge in [-0.3, -0.25) is 14.2 Å². The Morgan fingerprint density at radius 3 is 2.40 bits per heavy atom. The molecule has 35 heavy (non-hydrogen) atoms. The molecule has 1 heterocycles. The zero-order valence-corrected chi connectivity index (χ0v) is 21.1. The summed E-state index contributed by atoms with van der Waals surface area (Å²) < 4.78 is 6.96. The topological polar surface area (TPSA) is 90.5 Å². The minimum absolute atomic E-state index is 0.00566. The Morgan fingerprint density at radius 2 is 1.80 bits per heavy atom. The first kappa shape index (κ1) is 26.3. The van der Waals surface area contributed by atoms with Crippen molar-refractivity contribution in [2.45, 2.75) is 46.4 Å². The molecule has 0 bridgehead atoms. The van der Waals surface area contributed by atoms with Crippen molar-refractivity contribution in [3.8, 4) is 0 Å². The van der Waals surface area contributed by atoms with E-state index in [4.69, 9.17) is 15.5 Å². The lowest BCUT2D eigenvalue weighted by molar-refractivity contribution is 0.0600. The number of hydrogen-bond acceptors (Lipinski definition) is 5. The lowest BCUT2D eigenvalue weighted by Crippen LogP contribution is -2.42. The molecule has 0 spiro atoms. The van der Waals surface area contributed by atoms with Gasteiger partial charge >= 0.3 is 0 Å². The van der Waals surface area contributed by atoms with Crippen LogP contribution in [0.25, 0.3) is 0 Å². The van der Waals surface area contributed by atoms with Crippen molar-refractivity contribution in [3.63, 3.8) is 0 Å². The molecule has 0 aliphatic heterocycles. The molecule has 3 rings (SSSR count). The number of ether oxygens (including phenoxy) is 1. The van der Waals surface area contributed by atoms with Crippen molar-refractivity contribution in [2.24, 2.45) is 11.7 Å². The molecule has 0 fully saturated rings. The minimum Gasteiger partial charge on any atom is -0.378 e. The van der Waals surface area contributed by atoms with Gasteiger partial charge in [-0.1, -0.05) is 61.9 Å². The molecule has 186 valence electrons. The molecule has 1 unspecified atom stereocenters. The molecule has 0 aliphatic rings. The average molecular weight is 477 g/mol. The second-order valence-electron chi connectivity index (χ2n) is 9.14. The lowest BCUT2D eigenvalue weighted by atomic mass is 9.98. The Kier molecular flexibility index (Phi) is 9.34. The lowest BCUT2D eigenvalue weighted by Gasteiger charge is -2.35. The van der Waals surface area contributed by atoms with Gasteiger partial charge in [-0.05, 0) is 43.5 Å². The van der Waals surface area contributed by atoms with E-state index in [0.29, 0.717) is 43.1 Å². The van der Waals surface area contributed by atoms with Crippen molar-refractivity contribution in [1.82, 2.24) is 14.5 Å². The number of benzene rings is 2. The molecule has 7 nitrogen and oxygen atoms in total. The standard InChI is InChI=1S/C28H36N4O3/c1-20(2)26(31(16-8-15-29)28(34)23-13-11-21(3)12-14-23)27-30-24(19-35-4)17-25(33)32(27)18-22-9-6-5-7-10-22/h5-7,9-14,17,20,26H,8,15-16,18-19,29H2,1-4H3. The number of methoxy groups -OCH3 is 1. The minimum atomic E-state index is -0.427. The summed E-state index contributed by atoms with van der Waals surface area (Å²) in [5.74, 6) is 0.449. The van der Waals surface area contributed by atoms with Crippen LogP contribution in [-0.4, -0.2) is 40.6 Å². The maximum atomic E-state index is 13.8. The van der Waals surface area contributed by atoms with Crippen LogP contribution in [0.1, 0.15) is 59.3 Å². The van der Waals surface area contributed by atoms with Crippen LogP contribution in [0.2, 0.25) is 0 Å². The predicted octanol–water partition coefficient (Wildman–Crippen LogP) is 3.93. The van der Waals surface area contributed by atoms with Gasteiger partial charge in [0, 0.05) is 25.3 Å². The highest BCUT2D eigenvalue weighted by Crippen LogP contribution is 2.29. The van der Waals surface area contributed by atoms with Gasteiger partial charge in [-0.2, -0.15) is 0 Å². The number of aryl methyl sites for hydroxylation is 1. The smallest absolute Gasteiger partial charge is 0.254 e. The summed E-state index contributed by atoms with van der Waals surface area (Å²) in [6.07, 6.45) is 0.640. The van der Waals surface area contributed by atoms with Crippen LogP contribution in [0.5, 0.6) is 0 Å². The van der Waals surface area contributed by atoms with E-state index >= 15 is 0 Å². The summed E-state index contributed by atoms with van der Waals surface area (Å²) >= 11 is 0. The summed E-state index contributed by atoms with van der Waals surface area (Å²) in [4.78, 5) is 33.8. The molecule has 1 atom stereocenters. The predicted molar refractivity (Wildman–Crippen MR) is 138 cm³/mol. The Balaban J connectivity index is 2.16. The fourth-order valence-corrected chi connectivity index (χ4v) is 4.23. The van der Waals surface area contributed by atoms with Gasteiger partial charge < -0.3 is 15.4 Å². The van der Waals surface area contributed by atoms with Crippen LogP contribution in [0.15, 0.2) is 65.5 Å². The maximum Gasteiger partial charge on any atom is 0.254 e. The third kappa shape index (κ3) is 6.65. The van der Waals surface area contributed by atoms with Gasteiger partial charge in [-0.15, -0.1) is 0 Å². The van der Waals surface area contributed by atoms with E-state index < -0.39 is 6.04 Å². The number of nitrogens with zero attached hydrogens (tertiary/aromatic N) is 3. The fourth-order valence-electron chi connectivity index (χ4n) is 4.23. The van der Waals surface area contributed by atoms with Crippen LogP contribution in [0, 0.1) is 12.8 Å². The number of carbonyl (C=O) groups is 1. The number of carbonyl (C=O) groups excluding carboxylic acids is 1. The number of amides is 1. The Morgan fingerprint density at radius 1 is 1.11 bits per heavy atom.